The summed E-state index contributed by atoms with van der Waals surface area (Å²) in [5.41, 5.74) is 1.92. The molecular weight excluding hydrogens is 498 g/mol. The lowest BCUT2D eigenvalue weighted by molar-refractivity contribution is -0.120. The van der Waals surface area contributed by atoms with Gasteiger partial charge < -0.3 is 14.4 Å². The molecular formula is C32H44F2N2O3. The van der Waals surface area contributed by atoms with Gasteiger partial charge in [0.15, 0.2) is 0 Å². The molecule has 1 unspecified atom stereocenters. The van der Waals surface area contributed by atoms with Gasteiger partial charge >= 0.3 is 6.09 Å². The number of piperidine rings is 1. The summed E-state index contributed by atoms with van der Waals surface area (Å²) >= 11 is 0. The summed E-state index contributed by atoms with van der Waals surface area (Å²) in [7, 11) is 0. The molecule has 214 valence electrons. The highest BCUT2D eigenvalue weighted by Crippen LogP contribution is 2.36. The van der Waals surface area contributed by atoms with Gasteiger partial charge in [-0.25, -0.2) is 13.6 Å². The minimum Gasteiger partial charge on any atom is -0.444 e. The third kappa shape index (κ3) is 9.00. The van der Waals surface area contributed by atoms with Gasteiger partial charge in [-0.2, -0.15) is 0 Å². The van der Waals surface area contributed by atoms with Crippen LogP contribution in [0.5, 0.6) is 0 Å². The number of benzene rings is 2. The maximum Gasteiger partial charge on any atom is 0.410 e. The second-order valence-corrected chi connectivity index (χ2v) is 12.1. The van der Waals surface area contributed by atoms with Crippen LogP contribution in [-0.2, 0) is 22.6 Å². The van der Waals surface area contributed by atoms with Crippen LogP contribution in [0.25, 0.3) is 0 Å². The van der Waals surface area contributed by atoms with Crippen molar-refractivity contribution < 1.29 is 23.0 Å². The molecule has 0 spiro atoms. The van der Waals surface area contributed by atoms with E-state index in [1.54, 1.807) is 20.8 Å². The Labute approximate surface area is 232 Å². The summed E-state index contributed by atoms with van der Waals surface area (Å²) in [6.45, 7) is 7.07. The van der Waals surface area contributed by atoms with Crippen molar-refractivity contribution in [1.82, 2.24) is 9.80 Å². The van der Waals surface area contributed by atoms with Crippen molar-refractivity contribution >= 4 is 6.09 Å². The molecule has 4 rings (SSSR count). The fourth-order valence-electron chi connectivity index (χ4n) is 5.73. The van der Waals surface area contributed by atoms with E-state index in [1.807, 2.05) is 12.1 Å². The maximum absolute atomic E-state index is 14.9. The zero-order valence-corrected chi connectivity index (χ0v) is 23.7. The minimum atomic E-state index is -2.94. The Kier molecular flexibility index (Phi) is 10.00. The Morgan fingerprint density at radius 1 is 0.923 bits per heavy atom. The molecule has 0 bridgehead atoms. The molecule has 39 heavy (non-hydrogen) atoms. The van der Waals surface area contributed by atoms with E-state index in [2.05, 4.69) is 53.4 Å². The van der Waals surface area contributed by atoms with Crippen LogP contribution >= 0.6 is 0 Å². The molecule has 0 aromatic heterocycles. The summed E-state index contributed by atoms with van der Waals surface area (Å²) in [5.74, 6) is -3.72. The van der Waals surface area contributed by atoms with Gasteiger partial charge in [0.05, 0.1) is 12.6 Å². The van der Waals surface area contributed by atoms with Gasteiger partial charge in [0.2, 0.25) is 0 Å². The van der Waals surface area contributed by atoms with E-state index in [1.165, 1.54) is 11.1 Å². The average Bonchev–Trinajstić information content (AvgIpc) is 2.89. The van der Waals surface area contributed by atoms with E-state index in [4.69, 9.17) is 9.47 Å². The highest BCUT2D eigenvalue weighted by Gasteiger charge is 2.46. The molecule has 2 aromatic rings. The number of halogens is 2. The number of ether oxygens (including phenoxy) is 2. The van der Waals surface area contributed by atoms with Gasteiger partial charge in [-0.1, -0.05) is 60.7 Å². The Morgan fingerprint density at radius 2 is 1.49 bits per heavy atom. The van der Waals surface area contributed by atoms with Crippen LogP contribution in [0.3, 0.4) is 0 Å². The Hall–Kier alpha value is -2.51. The fraction of sp³-hybridized carbons (Fsp3) is 0.594. The molecule has 1 aliphatic heterocycles. The predicted octanol–water partition coefficient (Wildman–Crippen LogP) is 7.30. The van der Waals surface area contributed by atoms with Gasteiger partial charge in [0.25, 0.3) is 5.92 Å². The molecule has 2 fully saturated rings. The predicted molar refractivity (Wildman–Crippen MR) is 150 cm³/mol. The summed E-state index contributed by atoms with van der Waals surface area (Å²) in [5, 5.41) is 0. The van der Waals surface area contributed by atoms with E-state index in [0.29, 0.717) is 25.6 Å². The molecule has 1 saturated carbocycles. The first kappa shape index (κ1) is 29.5. The van der Waals surface area contributed by atoms with Crippen molar-refractivity contribution in [2.24, 2.45) is 5.92 Å². The molecule has 5 nitrogen and oxygen atoms in total. The van der Waals surface area contributed by atoms with E-state index < -0.39 is 30.1 Å². The third-order valence-electron chi connectivity index (χ3n) is 7.84. The zero-order valence-electron chi connectivity index (χ0n) is 23.7. The van der Waals surface area contributed by atoms with Crippen LogP contribution in [-0.4, -0.2) is 59.3 Å². The van der Waals surface area contributed by atoms with Gasteiger partial charge in [-0.3, -0.25) is 4.90 Å². The number of hydrogen-bond donors (Lipinski definition) is 0. The van der Waals surface area contributed by atoms with E-state index in [9.17, 15) is 13.6 Å². The molecule has 7 heteroatoms. The van der Waals surface area contributed by atoms with Crippen LogP contribution in [0.15, 0.2) is 60.7 Å². The van der Waals surface area contributed by atoms with Crippen LogP contribution in [0.2, 0.25) is 0 Å². The van der Waals surface area contributed by atoms with Crippen LogP contribution in [0.4, 0.5) is 13.6 Å². The SMILES string of the molecule is CC(C)(C)OC(=O)N1CCC(CCOC2CCC(N(Cc3ccccc3)Cc3ccccc3)CC2)C(F)(F)C1. The van der Waals surface area contributed by atoms with E-state index in [-0.39, 0.29) is 12.5 Å². The third-order valence-corrected chi connectivity index (χ3v) is 7.84. The Balaban J connectivity index is 1.23. The van der Waals surface area contributed by atoms with Gasteiger partial charge in [-0.05, 0) is 70.4 Å². The minimum absolute atomic E-state index is 0.118. The highest BCUT2D eigenvalue weighted by molar-refractivity contribution is 5.68. The number of likely N-dealkylation sites (tertiary alicyclic amines) is 1. The molecule has 1 saturated heterocycles. The van der Waals surface area contributed by atoms with E-state index >= 15 is 0 Å². The van der Waals surface area contributed by atoms with Crippen LogP contribution in [0.1, 0.15) is 70.4 Å². The molecule has 0 N–H and O–H groups in total. The van der Waals surface area contributed by atoms with E-state index in [0.717, 1.165) is 43.7 Å². The topological polar surface area (TPSA) is 42.0 Å². The monoisotopic (exact) mass is 542 g/mol. The second-order valence-electron chi connectivity index (χ2n) is 12.1. The molecule has 1 amide bonds. The molecule has 1 heterocycles. The lowest BCUT2D eigenvalue weighted by Gasteiger charge is -2.39. The van der Waals surface area contributed by atoms with Gasteiger partial charge in [0.1, 0.15) is 5.60 Å². The fourth-order valence-corrected chi connectivity index (χ4v) is 5.73. The number of hydrogen-bond acceptors (Lipinski definition) is 4. The maximum atomic E-state index is 14.9. The number of carbonyl (C=O) groups is 1. The standard InChI is InChI=1S/C32H44F2N2O3/c1-31(2,3)39-30(37)35-20-18-27(32(33,34)24-35)19-21-38-29-16-14-28(15-17-29)36(22-25-10-6-4-7-11-25)23-26-12-8-5-9-13-26/h4-13,27-29H,14-24H2,1-3H3. The van der Waals surface area contributed by atoms with Crippen molar-refractivity contribution in [3.05, 3.63) is 71.8 Å². The van der Waals surface area contributed by atoms with Crippen molar-refractivity contribution in [2.45, 2.75) is 96.1 Å². The van der Waals surface area contributed by atoms with Crippen LogP contribution < -0.4 is 0 Å². The first-order valence-corrected chi connectivity index (χ1v) is 14.4. The zero-order chi connectivity index (χ0) is 27.9. The summed E-state index contributed by atoms with van der Waals surface area (Å²) < 4.78 is 41.1. The number of alkyl halides is 2. The first-order chi connectivity index (χ1) is 18.6. The first-order valence-electron chi connectivity index (χ1n) is 14.4. The normalized spacial score (nSPS) is 23.5. The number of nitrogens with zero attached hydrogens (tertiary/aromatic N) is 2. The summed E-state index contributed by atoms with van der Waals surface area (Å²) in [6.07, 6.45) is 3.98. The highest BCUT2D eigenvalue weighted by atomic mass is 19.3. The molecule has 0 radical (unpaired) electrons. The lowest BCUT2D eigenvalue weighted by atomic mass is 9.89. The van der Waals surface area contributed by atoms with Crippen molar-refractivity contribution in [2.75, 3.05) is 19.7 Å². The number of amides is 1. The summed E-state index contributed by atoms with van der Waals surface area (Å²) in [6, 6.07) is 21.6. The van der Waals surface area contributed by atoms with Crippen molar-refractivity contribution in [3.63, 3.8) is 0 Å². The molecule has 1 atom stereocenters. The average molecular weight is 543 g/mol. The Morgan fingerprint density at radius 3 is 2.00 bits per heavy atom. The summed E-state index contributed by atoms with van der Waals surface area (Å²) in [4.78, 5) is 16.0. The number of carbonyl (C=O) groups excluding carboxylic acids is 1. The van der Waals surface area contributed by atoms with Gasteiger partial charge in [-0.15, -0.1) is 0 Å². The second kappa shape index (κ2) is 13.2. The molecule has 2 aliphatic rings. The van der Waals surface area contributed by atoms with Crippen molar-refractivity contribution in [3.8, 4) is 0 Å². The molecule has 1 aliphatic carbocycles. The number of rotatable bonds is 9. The van der Waals surface area contributed by atoms with Crippen LogP contribution in [0, 0.1) is 5.92 Å². The Bertz CT molecular complexity index is 979. The van der Waals surface area contributed by atoms with Crippen molar-refractivity contribution in [1.29, 1.82) is 0 Å². The largest absolute Gasteiger partial charge is 0.444 e. The lowest BCUT2D eigenvalue weighted by Crippen LogP contribution is -2.52. The quantitative estimate of drug-likeness (QED) is 0.333. The van der Waals surface area contributed by atoms with Gasteiger partial charge in [0, 0.05) is 38.2 Å². The molecule has 2 aromatic carbocycles. The smallest absolute Gasteiger partial charge is 0.410 e.